The number of carbonyl (C=O) groups excluding carboxylic acids is 1. The lowest BCUT2D eigenvalue weighted by Gasteiger charge is -2.24. The van der Waals surface area contributed by atoms with Crippen molar-refractivity contribution < 1.29 is 9.53 Å². The van der Waals surface area contributed by atoms with Gasteiger partial charge >= 0.3 is 0 Å². The fourth-order valence-electron chi connectivity index (χ4n) is 1.61. The monoisotopic (exact) mass is 280 g/mol. The standard InChI is InChI=1S/C14H24N4O2/c1-7-20-13-9(2)11(15-8-16-13)17-10(3)12(19)18-14(4,5)6/h8,10H,7H2,1-6H3,(H,18,19)(H,15,16,17). The van der Waals surface area contributed by atoms with Crippen LogP contribution in [0, 0.1) is 6.92 Å². The highest BCUT2D eigenvalue weighted by molar-refractivity contribution is 5.84. The smallest absolute Gasteiger partial charge is 0.242 e. The van der Waals surface area contributed by atoms with Crippen LogP contribution in [0.1, 0.15) is 40.2 Å². The number of hydrogen-bond acceptors (Lipinski definition) is 5. The molecule has 0 saturated carbocycles. The average molecular weight is 280 g/mol. The van der Waals surface area contributed by atoms with E-state index >= 15 is 0 Å². The summed E-state index contributed by atoms with van der Waals surface area (Å²) in [6, 6.07) is -0.391. The fourth-order valence-corrected chi connectivity index (χ4v) is 1.61. The van der Waals surface area contributed by atoms with Crippen LogP contribution in [0.2, 0.25) is 0 Å². The molecule has 1 unspecified atom stereocenters. The second-order valence-electron chi connectivity index (χ2n) is 5.69. The largest absolute Gasteiger partial charge is 0.478 e. The van der Waals surface area contributed by atoms with Gasteiger partial charge in [0.15, 0.2) is 0 Å². The third-order valence-corrected chi connectivity index (χ3v) is 2.56. The van der Waals surface area contributed by atoms with Gasteiger partial charge in [0, 0.05) is 5.54 Å². The molecule has 2 N–H and O–H groups in total. The Hall–Kier alpha value is -1.85. The molecule has 1 rings (SSSR count). The molecule has 1 aromatic heterocycles. The van der Waals surface area contributed by atoms with Crippen LogP contribution in [0.5, 0.6) is 5.88 Å². The summed E-state index contributed by atoms with van der Waals surface area (Å²) in [6.45, 7) is 11.9. The SMILES string of the molecule is CCOc1ncnc(NC(C)C(=O)NC(C)(C)C)c1C. The van der Waals surface area contributed by atoms with Gasteiger partial charge in [0.25, 0.3) is 0 Å². The van der Waals surface area contributed by atoms with Gasteiger partial charge in [-0.3, -0.25) is 4.79 Å². The predicted molar refractivity (Wildman–Crippen MR) is 78.9 cm³/mol. The number of nitrogens with one attached hydrogen (secondary N) is 2. The van der Waals surface area contributed by atoms with Crippen molar-refractivity contribution in [2.75, 3.05) is 11.9 Å². The number of ether oxygens (including phenoxy) is 1. The lowest BCUT2D eigenvalue weighted by Crippen LogP contribution is -2.47. The third-order valence-electron chi connectivity index (χ3n) is 2.56. The fraction of sp³-hybridized carbons (Fsp3) is 0.643. The van der Waals surface area contributed by atoms with Gasteiger partial charge in [-0.1, -0.05) is 0 Å². The number of hydrogen-bond donors (Lipinski definition) is 2. The van der Waals surface area contributed by atoms with Crippen molar-refractivity contribution in [3.63, 3.8) is 0 Å². The highest BCUT2D eigenvalue weighted by atomic mass is 16.5. The van der Waals surface area contributed by atoms with Gasteiger partial charge in [0.2, 0.25) is 11.8 Å². The van der Waals surface area contributed by atoms with Crippen molar-refractivity contribution in [1.82, 2.24) is 15.3 Å². The number of nitrogens with zero attached hydrogens (tertiary/aromatic N) is 2. The molecule has 6 nitrogen and oxygen atoms in total. The zero-order chi connectivity index (χ0) is 15.3. The molecule has 1 heterocycles. The van der Waals surface area contributed by atoms with Crippen LogP contribution in [-0.2, 0) is 4.79 Å². The lowest BCUT2D eigenvalue weighted by atomic mass is 10.1. The molecule has 112 valence electrons. The maximum atomic E-state index is 12.0. The van der Waals surface area contributed by atoms with E-state index < -0.39 is 6.04 Å². The average Bonchev–Trinajstić information content (AvgIpc) is 2.32. The van der Waals surface area contributed by atoms with E-state index in [-0.39, 0.29) is 11.4 Å². The maximum absolute atomic E-state index is 12.0. The molecule has 0 aliphatic carbocycles. The quantitative estimate of drug-likeness (QED) is 0.861. The molecule has 0 aliphatic heterocycles. The summed E-state index contributed by atoms with van der Waals surface area (Å²) < 4.78 is 5.41. The Balaban J connectivity index is 2.78. The minimum atomic E-state index is -0.391. The Morgan fingerprint density at radius 2 is 2.05 bits per heavy atom. The Labute approximate surface area is 120 Å². The third kappa shape index (κ3) is 4.68. The zero-order valence-corrected chi connectivity index (χ0v) is 13.1. The van der Waals surface area contributed by atoms with Crippen molar-refractivity contribution in [3.05, 3.63) is 11.9 Å². The predicted octanol–water partition coefficient (Wildman–Crippen LogP) is 1.90. The Kier molecular flexibility index (Phi) is 5.30. The number of aromatic nitrogens is 2. The van der Waals surface area contributed by atoms with E-state index in [1.165, 1.54) is 6.33 Å². The van der Waals surface area contributed by atoms with Crippen molar-refractivity contribution in [1.29, 1.82) is 0 Å². The van der Waals surface area contributed by atoms with Crippen LogP contribution in [0.15, 0.2) is 6.33 Å². The number of rotatable bonds is 5. The first-order chi connectivity index (χ1) is 9.24. The summed E-state index contributed by atoms with van der Waals surface area (Å²) in [5.74, 6) is 1.07. The highest BCUT2D eigenvalue weighted by Gasteiger charge is 2.20. The first-order valence-corrected chi connectivity index (χ1v) is 6.77. The lowest BCUT2D eigenvalue weighted by molar-refractivity contribution is -0.122. The van der Waals surface area contributed by atoms with E-state index in [9.17, 15) is 4.79 Å². The van der Waals surface area contributed by atoms with E-state index in [0.29, 0.717) is 18.3 Å². The summed E-state index contributed by atoms with van der Waals surface area (Å²) in [4.78, 5) is 20.3. The molecule has 0 spiro atoms. The van der Waals surface area contributed by atoms with Gasteiger partial charge in [-0.2, -0.15) is 0 Å². The van der Waals surface area contributed by atoms with E-state index in [1.54, 1.807) is 6.92 Å². The normalized spacial score (nSPS) is 12.7. The summed E-state index contributed by atoms with van der Waals surface area (Å²) in [7, 11) is 0. The highest BCUT2D eigenvalue weighted by Crippen LogP contribution is 2.20. The van der Waals surface area contributed by atoms with Crippen LogP contribution >= 0.6 is 0 Å². The summed E-state index contributed by atoms with van der Waals surface area (Å²) in [5.41, 5.74) is 0.536. The van der Waals surface area contributed by atoms with Gasteiger partial charge in [-0.25, -0.2) is 9.97 Å². The Morgan fingerprint density at radius 3 is 2.60 bits per heavy atom. The first kappa shape index (κ1) is 16.2. The summed E-state index contributed by atoms with van der Waals surface area (Å²) >= 11 is 0. The van der Waals surface area contributed by atoms with Crippen molar-refractivity contribution >= 4 is 11.7 Å². The van der Waals surface area contributed by atoms with E-state index in [4.69, 9.17) is 4.74 Å². The molecule has 0 bridgehead atoms. The second kappa shape index (κ2) is 6.54. The molecule has 0 saturated heterocycles. The number of amides is 1. The molecule has 6 heteroatoms. The topological polar surface area (TPSA) is 76.1 Å². The number of anilines is 1. The molecule has 1 atom stereocenters. The van der Waals surface area contributed by atoms with E-state index in [0.717, 1.165) is 5.56 Å². The Morgan fingerprint density at radius 1 is 1.40 bits per heavy atom. The van der Waals surface area contributed by atoms with Crippen molar-refractivity contribution in [2.24, 2.45) is 0 Å². The van der Waals surface area contributed by atoms with Crippen LogP contribution in [0.25, 0.3) is 0 Å². The molecule has 0 aromatic carbocycles. The van der Waals surface area contributed by atoms with E-state index in [2.05, 4.69) is 20.6 Å². The van der Waals surface area contributed by atoms with E-state index in [1.807, 2.05) is 34.6 Å². The van der Waals surface area contributed by atoms with Gasteiger partial charge in [0.1, 0.15) is 18.2 Å². The van der Waals surface area contributed by atoms with Crippen LogP contribution in [-0.4, -0.2) is 34.1 Å². The number of carbonyl (C=O) groups is 1. The molecular formula is C14H24N4O2. The molecule has 1 aromatic rings. The second-order valence-corrected chi connectivity index (χ2v) is 5.69. The molecule has 0 radical (unpaired) electrons. The molecule has 1 amide bonds. The molecule has 0 aliphatic rings. The van der Waals surface area contributed by atoms with Crippen molar-refractivity contribution in [3.8, 4) is 5.88 Å². The summed E-state index contributed by atoms with van der Waals surface area (Å²) in [6.07, 6.45) is 1.43. The van der Waals surface area contributed by atoms with Gasteiger partial charge < -0.3 is 15.4 Å². The molecular weight excluding hydrogens is 256 g/mol. The summed E-state index contributed by atoms with van der Waals surface area (Å²) in [5, 5.41) is 6.01. The molecule has 20 heavy (non-hydrogen) atoms. The minimum Gasteiger partial charge on any atom is -0.478 e. The maximum Gasteiger partial charge on any atom is 0.242 e. The zero-order valence-electron chi connectivity index (χ0n) is 13.1. The van der Waals surface area contributed by atoms with Gasteiger partial charge in [0.05, 0.1) is 12.2 Å². The van der Waals surface area contributed by atoms with Crippen LogP contribution in [0.4, 0.5) is 5.82 Å². The molecule has 0 fully saturated rings. The minimum absolute atomic E-state index is 0.0755. The van der Waals surface area contributed by atoms with Gasteiger partial charge in [-0.15, -0.1) is 0 Å². The first-order valence-electron chi connectivity index (χ1n) is 6.77. The van der Waals surface area contributed by atoms with Crippen LogP contribution in [0.3, 0.4) is 0 Å². The van der Waals surface area contributed by atoms with Gasteiger partial charge in [-0.05, 0) is 41.5 Å². The van der Waals surface area contributed by atoms with Crippen molar-refractivity contribution in [2.45, 2.75) is 53.1 Å². The van der Waals surface area contributed by atoms with Crippen LogP contribution < -0.4 is 15.4 Å². The Bertz CT molecular complexity index is 469.